The molecule has 1 aliphatic carbocycles. The molecule has 10 rings (SSSR count). The van der Waals surface area contributed by atoms with Crippen LogP contribution in [0.4, 0.5) is 0 Å². The van der Waals surface area contributed by atoms with Crippen molar-refractivity contribution in [2.24, 2.45) is 0 Å². The van der Waals surface area contributed by atoms with Gasteiger partial charge in [-0.2, -0.15) is 0 Å². The minimum atomic E-state index is 0. The lowest BCUT2D eigenvalue weighted by Crippen LogP contribution is -1.89. The second-order valence-corrected chi connectivity index (χ2v) is 11.6. The van der Waals surface area contributed by atoms with Crippen molar-refractivity contribution in [3.05, 3.63) is 146 Å². The Kier molecular flexibility index (Phi) is 4.93. The lowest BCUT2D eigenvalue weighted by atomic mass is 9.87. The molecule has 0 heterocycles. The Morgan fingerprint density at radius 2 is 0.744 bits per heavy atom. The molecule has 0 nitrogen and oxygen atoms in total. The van der Waals surface area contributed by atoms with Crippen LogP contribution in [0.5, 0.6) is 0 Å². The summed E-state index contributed by atoms with van der Waals surface area (Å²) in [6, 6.07) is 54.3. The monoisotopic (exact) mass is 544 g/mol. The molecular formula is C43H28. The number of hydrogen-bond donors (Lipinski definition) is 0. The largest absolute Gasteiger partial charge is 0.0776 e. The van der Waals surface area contributed by atoms with Gasteiger partial charge in [-0.15, -0.1) is 0 Å². The van der Waals surface area contributed by atoms with Crippen LogP contribution < -0.4 is 0 Å². The van der Waals surface area contributed by atoms with E-state index < -0.39 is 0 Å². The summed E-state index contributed by atoms with van der Waals surface area (Å²) in [6.07, 6.45) is 0. The lowest BCUT2D eigenvalue weighted by molar-refractivity contribution is 1.70. The third-order valence-corrected chi connectivity index (χ3v) is 9.56. The number of hydrogen-bond acceptors (Lipinski definition) is 0. The summed E-state index contributed by atoms with van der Waals surface area (Å²) in [7, 11) is 0. The van der Waals surface area contributed by atoms with E-state index in [9.17, 15) is 0 Å². The van der Waals surface area contributed by atoms with E-state index in [0.717, 1.165) is 0 Å². The van der Waals surface area contributed by atoms with Crippen LogP contribution in [0.3, 0.4) is 0 Å². The van der Waals surface area contributed by atoms with Crippen molar-refractivity contribution in [3.63, 3.8) is 0 Å². The Morgan fingerprint density at radius 1 is 0.233 bits per heavy atom. The topological polar surface area (TPSA) is 0 Å². The van der Waals surface area contributed by atoms with Gasteiger partial charge in [0.15, 0.2) is 0 Å². The molecule has 0 N–H and O–H groups in total. The van der Waals surface area contributed by atoms with Crippen LogP contribution in [0.25, 0.3) is 98.0 Å². The maximum atomic E-state index is 2.46. The molecule has 0 radical (unpaired) electrons. The van der Waals surface area contributed by atoms with E-state index in [1.165, 1.54) is 98.0 Å². The fourth-order valence-electron chi connectivity index (χ4n) is 7.77. The first-order valence-electron chi connectivity index (χ1n) is 14.7. The highest BCUT2D eigenvalue weighted by atomic mass is 14.3. The minimum Gasteiger partial charge on any atom is -0.0776 e. The summed E-state index contributed by atoms with van der Waals surface area (Å²) >= 11 is 0. The smallest absolute Gasteiger partial charge is 0.00199 e. The molecule has 1 aliphatic rings. The van der Waals surface area contributed by atoms with Gasteiger partial charge < -0.3 is 0 Å². The predicted molar refractivity (Wildman–Crippen MR) is 188 cm³/mol. The summed E-state index contributed by atoms with van der Waals surface area (Å²) < 4.78 is 0. The van der Waals surface area contributed by atoms with E-state index in [1.54, 1.807) is 0 Å². The van der Waals surface area contributed by atoms with Gasteiger partial charge in [0.05, 0.1) is 0 Å². The van der Waals surface area contributed by atoms with Crippen LogP contribution in [-0.2, 0) is 0 Å². The van der Waals surface area contributed by atoms with Gasteiger partial charge in [-0.25, -0.2) is 0 Å². The maximum absolute atomic E-state index is 2.46. The highest BCUT2D eigenvalue weighted by Gasteiger charge is 2.23. The summed E-state index contributed by atoms with van der Waals surface area (Å²) in [6.45, 7) is 0. The van der Waals surface area contributed by atoms with Crippen molar-refractivity contribution in [2.75, 3.05) is 0 Å². The van der Waals surface area contributed by atoms with Crippen LogP contribution in [0.15, 0.2) is 146 Å². The van der Waals surface area contributed by atoms with Crippen LogP contribution >= 0.6 is 0 Å². The van der Waals surface area contributed by atoms with Gasteiger partial charge in [-0.3, -0.25) is 0 Å². The molecule has 0 aromatic heterocycles. The van der Waals surface area contributed by atoms with Crippen LogP contribution in [-0.4, -0.2) is 0 Å². The van der Waals surface area contributed by atoms with Crippen LogP contribution in [0.2, 0.25) is 0 Å². The average Bonchev–Trinajstić information content (AvgIpc) is 3.38. The first-order chi connectivity index (χ1) is 20.8. The van der Waals surface area contributed by atoms with Crippen LogP contribution in [0, 0.1) is 0 Å². The zero-order chi connectivity index (χ0) is 27.4. The van der Waals surface area contributed by atoms with Crippen molar-refractivity contribution >= 4 is 64.6 Å². The summed E-state index contributed by atoms with van der Waals surface area (Å²) in [5.74, 6) is 0. The Balaban J connectivity index is 0.00000260. The zero-order valence-corrected chi connectivity index (χ0v) is 22.9. The van der Waals surface area contributed by atoms with Crippen molar-refractivity contribution in [3.8, 4) is 33.4 Å². The Bertz CT molecular complexity index is 2620. The van der Waals surface area contributed by atoms with Crippen molar-refractivity contribution < 1.29 is 0 Å². The van der Waals surface area contributed by atoms with Crippen molar-refractivity contribution in [2.45, 2.75) is 7.43 Å². The van der Waals surface area contributed by atoms with Gasteiger partial charge in [-0.05, 0) is 110 Å². The highest BCUT2D eigenvalue weighted by Crippen LogP contribution is 2.51. The SMILES string of the molecule is C.c1ccc2c(c1)-c1cccc3c1c-2cc1c2ccccc2c(-c2cccc4c2ccc2ccc5ccccc5c24)cc31. The molecule has 0 amide bonds. The van der Waals surface area contributed by atoms with Gasteiger partial charge in [0.1, 0.15) is 0 Å². The van der Waals surface area contributed by atoms with Crippen molar-refractivity contribution in [1.29, 1.82) is 0 Å². The summed E-state index contributed by atoms with van der Waals surface area (Å²) in [5.41, 5.74) is 7.95. The second kappa shape index (κ2) is 8.77. The number of rotatable bonds is 1. The molecular weight excluding hydrogens is 516 g/mol. The summed E-state index contributed by atoms with van der Waals surface area (Å²) in [4.78, 5) is 0. The van der Waals surface area contributed by atoms with Gasteiger partial charge in [0.2, 0.25) is 0 Å². The standard InChI is InChI=1S/C42H24.CH4/c1-2-10-27-25(9-1)19-20-26-21-22-33-31(15-7-16-34(33)41(26)27)37-23-39-36-18-8-17-35-28-11-3-6-14-32(28)40(42(35)36)24-38(39)30-13-5-4-12-29(30)37;/h1-24H;1H4. The Morgan fingerprint density at radius 3 is 1.58 bits per heavy atom. The fourth-order valence-corrected chi connectivity index (χ4v) is 7.77. The van der Waals surface area contributed by atoms with Gasteiger partial charge in [0, 0.05) is 0 Å². The molecule has 200 valence electrons. The van der Waals surface area contributed by atoms with E-state index in [0.29, 0.717) is 0 Å². The fraction of sp³-hybridized carbons (Fsp3) is 0.0233. The molecule has 0 heteroatoms. The molecule has 0 unspecified atom stereocenters. The Hall–Kier alpha value is -5.46. The molecule has 43 heavy (non-hydrogen) atoms. The van der Waals surface area contributed by atoms with Crippen molar-refractivity contribution in [1.82, 2.24) is 0 Å². The molecule has 0 atom stereocenters. The van der Waals surface area contributed by atoms with Crippen LogP contribution in [0.1, 0.15) is 7.43 Å². The first-order valence-corrected chi connectivity index (χ1v) is 14.7. The lowest BCUT2D eigenvalue weighted by Gasteiger charge is -2.17. The number of benzene rings is 9. The average molecular weight is 545 g/mol. The molecule has 0 fully saturated rings. The van der Waals surface area contributed by atoms with Gasteiger partial charge in [0.25, 0.3) is 0 Å². The summed E-state index contributed by atoms with van der Waals surface area (Å²) in [5, 5.41) is 15.8. The molecule has 0 bridgehead atoms. The molecule has 0 spiro atoms. The first kappa shape index (κ1) is 24.2. The third-order valence-electron chi connectivity index (χ3n) is 9.56. The van der Waals surface area contributed by atoms with E-state index in [1.807, 2.05) is 0 Å². The minimum absolute atomic E-state index is 0. The molecule has 0 saturated carbocycles. The van der Waals surface area contributed by atoms with Gasteiger partial charge >= 0.3 is 0 Å². The maximum Gasteiger partial charge on any atom is -0.00199 e. The predicted octanol–water partition coefficient (Wildman–Crippen LogP) is 12.6. The van der Waals surface area contributed by atoms with E-state index >= 15 is 0 Å². The zero-order valence-electron chi connectivity index (χ0n) is 22.9. The molecule has 9 aromatic rings. The third kappa shape index (κ3) is 3.16. The highest BCUT2D eigenvalue weighted by molar-refractivity contribution is 6.30. The molecule has 0 aliphatic heterocycles. The normalized spacial score (nSPS) is 12.0. The van der Waals surface area contributed by atoms with E-state index in [4.69, 9.17) is 0 Å². The van der Waals surface area contributed by atoms with E-state index in [2.05, 4.69) is 146 Å². The second-order valence-electron chi connectivity index (χ2n) is 11.6. The Labute approximate surface area is 250 Å². The quantitative estimate of drug-likeness (QED) is 0.180. The van der Waals surface area contributed by atoms with E-state index in [-0.39, 0.29) is 7.43 Å². The van der Waals surface area contributed by atoms with Gasteiger partial charge in [-0.1, -0.05) is 141 Å². The number of fused-ring (bicyclic) bond motifs is 12. The molecule has 0 saturated heterocycles. The molecule has 9 aromatic carbocycles.